The summed E-state index contributed by atoms with van der Waals surface area (Å²) in [6.45, 7) is 6.70. The van der Waals surface area contributed by atoms with Gasteiger partial charge in [0.2, 0.25) is 5.91 Å². The summed E-state index contributed by atoms with van der Waals surface area (Å²) in [5.41, 5.74) is 1.39. The van der Waals surface area contributed by atoms with Gasteiger partial charge in [0.1, 0.15) is 6.04 Å². The number of hydrogen-bond acceptors (Lipinski definition) is 4. The van der Waals surface area contributed by atoms with E-state index >= 15 is 0 Å². The van der Waals surface area contributed by atoms with Gasteiger partial charge in [0.25, 0.3) is 16.1 Å². The molecule has 1 heterocycles. The van der Waals surface area contributed by atoms with E-state index in [1.54, 1.807) is 17.0 Å². The van der Waals surface area contributed by atoms with Crippen LogP contribution in [0.4, 0.5) is 0 Å². The monoisotopic (exact) mass is 410 g/mol. The van der Waals surface area contributed by atoms with Crippen LogP contribution in [0, 0.1) is 12.8 Å². The summed E-state index contributed by atoms with van der Waals surface area (Å²) in [6, 6.07) is 6.57. The maximum Gasteiger partial charge on any atom is 0.281 e. The molecule has 0 aliphatic carbocycles. The van der Waals surface area contributed by atoms with Gasteiger partial charge in [-0.3, -0.25) is 9.59 Å². The van der Waals surface area contributed by atoms with Gasteiger partial charge in [-0.15, -0.1) is 0 Å². The third kappa shape index (κ3) is 4.89. The number of nitrogens with zero attached hydrogens (tertiary/aromatic N) is 3. The third-order valence-electron chi connectivity index (χ3n) is 4.95. The fourth-order valence-corrected chi connectivity index (χ4v) is 4.21. The maximum atomic E-state index is 13.0. The molecule has 1 aromatic rings. The molecule has 0 unspecified atom stereocenters. The average molecular weight is 411 g/mol. The van der Waals surface area contributed by atoms with E-state index in [0.717, 1.165) is 5.56 Å². The number of carbonyl (C=O) groups is 2. The summed E-state index contributed by atoms with van der Waals surface area (Å²) in [4.78, 5) is 27.3. The Bertz CT molecular complexity index is 815. The van der Waals surface area contributed by atoms with Crippen molar-refractivity contribution in [2.24, 2.45) is 5.92 Å². The molecule has 1 aromatic carbocycles. The zero-order valence-corrected chi connectivity index (χ0v) is 18.0. The fraction of sp³-hybridized carbons (Fsp3) is 0.579. The van der Waals surface area contributed by atoms with Gasteiger partial charge in [-0.25, -0.2) is 0 Å². The van der Waals surface area contributed by atoms with Gasteiger partial charge in [-0.2, -0.15) is 17.0 Å². The summed E-state index contributed by atoms with van der Waals surface area (Å²) >= 11 is 0. The second-order valence-electron chi connectivity index (χ2n) is 7.52. The largest absolute Gasteiger partial charge is 0.340 e. The number of carbonyl (C=O) groups excluding carboxylic acids is 2. The lowest BCUT2D eigenvalue weighted by Crippen LogP contribution is -2.58. The van der Waals surface area contributed by atoms with Crippen LogP contribution in [-0.4, -0.2) is 80.1 Å². The van der Waals surface area contributed by atoms with E-state index in [4.69, 9.17) is 0 Å². The molecule has 1 N–H and O–H groups in total. The number of rotatable bonds is 6. The normalized spacial score (nSPS) is 17.0. The Kier molecular flexibility index (Phi) is 7.19. The summed E-state index contributed by atoms with van der Waals surface area (Å²) in [7, 11) is -0.509. The minimum Gasteiger partial charge on any atom is -0.340 e. The van der Waals surface area contributed by atoms with Crippen molar-refractivity contribution in [2.75, 3.05) is 40.3 Å². The molecule has 0 bridgehead atoms. The summed E-state index contributed by atoms with van der Waals surface area (Å²) in [5, 5.41) is 2.86. The van der Waals surface area contributed by atoms with E-state index in [-0.39, 0.29) is 30.8 Å². The lowest BCUT2D eigenvalue weighted by Gasteiger charge is -2.37. The van der Waals surface area contributed by atoms with E-state index in [9.17, 15) is 18.0 Å². The molecule has 0 saturated carbocycles. The zero-order valence-electron chi connectivity index (χ0n) is 17.2. The zero-order chi connectivity index (χ0) is 21.1. The highest BCUT2D eigenvalue weighted by molar-refractivity contribution is 7.86. The van der Waals surface area contributed by atoms with Crippen molar-refractivity contribution < 1.29 is 18.0 Å². The Morgan fingerprint density at radius 3 is 2.14 bits per heavy atom. The van der Waals surface area contributed by atoms with Crippen LogP contribution in [0.25, 0.3) is 0 Å². The topological polar surface area (TPSA) is 90.0 Å². The highest BCUT2D eigenvalue weighted by Gasteiger charge is 2.34. The van der Waals surface area contributed by atoms with Crippen LogP contribution >= 0.6 is 0 Å². The first-order chi connectivity index (χ1) is 13.1. The number of piperazine rings is 1. The minimum absolute atomic E-state index is 0.0935. The first kappa shape index (κ1) is 22.3. The van der Waals surface area contributed by atoms with E-state index in [1.807, 2.05) is 32.9 Å². The van der Waals surface area contributed by atoms with Crippen molar-refractivity contribution in [2.45, 2.75) is 26.8 Å². The van der Waals surface area contributed by atoms with Gasteiger partial charge in [0, 0.05) is 45.8 Å². The van der Waals surface area contributed by atoms with Crippen LogP contribution in [0.1, 0.15) is 29.8 Å². The average Bonchev–Trinajstić information content (AvgIpc) is 2.65. The molecule has 0 radical (unpaired) electrons. The van der Waals surface area contributed by atoms with Crippen LogP contribution < -0.4 is 5.32 Å². The highest BCUT2D eigenvalue weighted by Crippen LogP contribution is 2.14. The lowest BCUT2D eigenvalue weighted by molar-refractivity contribution is -0.135. The molecule has 0 spiro atoms. The quantitative estimate of drug-likeness (QED) is 0.748. The first-order valence-corrected chi connectivity index (χ1v) is 10.8. The second-order valence-corrected chi connectivity index (χ2v) is 9.67. The van der Waals surface area contributed by atoms with Crippen LogP contribution in [0.15, 0.2) is 24.3 Å². The van der Waals surface area contributed by atoms with Gasteiger partial charge >= 0.3 is 0 Å². The Balaban J connectivity index is 2.06. The molecule has 2 rings (SSSR count). The minimum atomic E-state index is -3.49. The van der Waals surface area contributed by atoms with Gasteiger partial charge < -0.3 is 10.2 Å². The standard InChI is InChI=1S/C19H30N4O4S/c1-14(2)17(20-18(24)16-9-7-6-8-15(16)3)19(25)22-10-12-23(13-11-22)28(26,27)21(4)5/h6-9,14,17H,10-13H2,1-5H3,(H,20,24)/t17-/m1/s1. The Hall–Kier alpha value is -1.97. The second kappa shape index (κ2) is 9.02. The molecule has 1 fully saturated rings. The van der Waals surface area contributed by atoms with Crippen LogP contribution in [0.3, 0.4) is 0 Å². The molecular formula is C19H30N4O4S. The Morgan fingerprint density at radius 1 is 1.07 bits per heavy atom. The number of nitrogens with one attached hydrogen (secondary N) is 1. The molecule has 28 heavy (non-hydrogen) atoms. The molecule has 1 saturated heterocycles. The molecule has 1 atom stereocenters. The Labute approximate surface area is 167 Å². The molecule has 0 aromatic heterocycles. The van der Waals surface area contributed by atoms with Crippen LogP contribution in [0.5, 0.6) is 0 Å². The van der Waals surface area contributed by atoms with Crippen molar-refractivity contribution in [1.82, 2.24) is 18.8 Å². The van der Waals surface area contributed by atoms with Gasteiger partial charge in [0.15, 0.2) is 0 Å². The van der Waals surface area contributed by atoms with E-state index in [0.29, 0.717) is 18.7 Å². The van der Waals surface area contributed by atoms with Crippen molar-refractivity contribution in [1.29, 1.82) is 0 Å². The lowest BCUT2D eigenvalue weighted by atomic mass is 10.0. The summed E-state index contributed by atoms with van der Waals surface area (Å²) in [6.07, 6.45) is 0. The number of benzene rings is 1. The van der Waals surface area contributed by atoms with E-state index < -0.39 is 16.3 Å². The highest BCUT2D eigenvalue weighted by atomic mass is 32.2. The fourth-order valence-electron chi connectivity index (χ4n) is 3.13. The van der Waals surface area contributed by atoms with Gasteiger partial charge in [-0.1, -0.05) is 32.0 Å². The predicted octanol–water partition coefficient (Wildman–Crippen LogP) is 0.700. The smallest absolute Gasteiger partial charge is 0.281 e. The van der Waals surface area contributed by atoms with Crippen molar-refractivity contribution in [3.63, 3.8) is 0 Å². The molecule has 2 amide bonds. The van der Waals surface area contributed by atoms with Gasteiger partial charge in [-0.05, 0) is 24.5 Å². The number of amides is 2. The first-order valence-electron chi connectivity index (χ1n) is 9.38. The molecule has 156 valence electrons. The number of hydrogen-bond donors (Lipinski definition) is 1. The van der Waals surface area contributed by atoms with Gasteiger partial charge in [0.05, 0.1) is 0 Å². The Morgan fingerprint density at radius 2 is 1.64 bits per heavy atom. The number of aryl methyl sites for hydroxylation is 1. The van der Waals surface area contributed by atoms with Crippen LogP contribution in [0.2, 0.25) is 0 Å². The van der Waals surface area contributed by atoms with E-state index in [2.05, 4.69) is 5.32 Å². The van der Waals surface area contributed by atoms with Crippen molar-refractivity contribution in [3.8, 4) is 0 Å². The maximum absolute atomic E-state index is 13.0. The summed E-state index contributed by atoms with van der Waals surface area (Å²) in [5.74, 6) is -0.554. The van der Waals surface area contributed by atoms with Crippen LogP contribution in [-0.2, 0) is 15.0 Å². The third-order valence-corrected chi connectivity index (χ3v) is 6.89. The van der Waals surface area contributed by atoms with E-state index in [1.165, 1.54) is 22.7 Å². The molecule has 8 nitrogen and oxygen atoms in total. The molecule has 1 aliphatic heterocycles. The molecule has 9 heteroatoms. The SMILES string of the molecule is Cc1ccccc1C(=O)N[C@@H](C(=O)N1CCN(S(=O)(=O)N(C)C)CC1)C(C)C. The van der Waals surface area contributed by atoms with Crippen molar-refractivity contribution >= 4 is 22.0 Å². The summed E-state index contributed by atoms with van der Waals surface area (Å²) < 4.78 is 27.0. The van der Waals surface area contributed by atoms with Crippen molar-refractivity contribution in [3.05, 3.63) is 35.4 Å². The molecule has 1 aliphatic rings. The predicted molar refractivity (Wildman–Crippen MR) is 108 cm³/mol. The molecular weight excluding hydrogens is 380 g/mol.